The molecule has 6 nitrogen and oxygen atoms in total. The molecule has 2 aliphatic rings. The molecular formula is C25H41NO5. The second-order valence-corrected chi connectivity index (χ2v) is 9.38. The molecule has 176 valence electrons. The van der Waals surface area contributed by atoms with Crippen LogP contribution in [-0.4, -0.2) is 76.0 Å². The molecule has 1 aliphatic carbocycles. The number of ether oxygens (including phenoxy) is 1. The quantitative estimate of drug-likeness (QED) is 0.422. The lowest BCUT2D eigenvalue weighted by Crippen LogP contribution is -2.43. The van der Waals surface area contributed by atoms with E-state index in [0.29, 0.717) is 12.5 Å². The number of aliphatic hydroxyl groups excluding tert-OH is 4. The molecule has 0 amide bonds. The molecule has 2 fully saturated rings. The van der Waals surface area contributed by atoms with Crippen LogP contribution in [0.5, 0.6) is 0 Å². The maximum atomic E-state index is 9.93. The minimum atomic E-state index is -1.29. The zero-order valence-corrected chi connectivity index (χ0v) is 18.7. The summed E-state index contributed by atoms with van der Waals surface area (Å²) in [6, 6.07) is 8.75. The second kappa shape index (κ2) is 12.9. The van der Waals surface area contributed by atoms with Crippen molar-refractivity contribution >= 4 is 0 Å². The molecule has 1 aliphatic heterocycles. The van der Waals surface area contributed by atoms with Crippen LogP contribution in [0.3, 0.4) is 0 Å². The first-order valence-electron chi connectivity index (χ1n) is 12.2. The van der Waals surface area contributed by atoms with Gasteiger partial charge in [0.25, 0.3) is 0 Å². The van der Waals surface area contributed by atoms with Crippen molar-refractivity contribution in [2.75, 3.05) is 26.2 Å². The number of nitrogens with zero attached hydrogens (tertiary/aromatic N) is 1. The van der Waals surface area contributed by atoms with Gasteiger partial charge >= 0.3 is 0 Å². The molecule has 31 heavy (non-hydrogen) atoms. The van der Waals surface area contributed by atoms with Gasteiger partial charge < -0.3 is 25.2 Å². The Hall–Kier alpha value is -1.02. The standard InChI is InChI=1S/C25H41NO5/c27-22-16-26(17-23(28)25(30)24(22)29)14-8-1-2-9-15-31-18-20-12-6-7-13-21(20)19-10-4-3-5-11-19/h6-7,12-13,19,22-25,27-30H,1-5,8-11,14-18H2/t22-,23-,24+,25+/m0/s1. The molecule has 1 saturated carbocycles. The van der Waals surface area contributed by atoms with E-state index in [1.54, 1.807) is 0 Å². The lowest BCUT2D eigenvalue weighted by Gasteiger charge is -2.24. The zero-order valence-electron chi connectivity index (χ0n) is 18.7. The van der Waals surface area contributed by atoms with Crippen LogP contribution in [0, 0.1) is 0 Å². The van der Waals surface area contributed by atoms with Crippen molar-refractivity contribution in [3.8, 4) is 0 Å². The minimum absolute atomic E-state index is 0.277. The van der Waals surface area contributed by atoms with E-state index in [-0.39, 0.29) is 13.1 Å². The highest BCUT2D eigenvalue weighted by Gasteiger charge is 2.35. The molecule has 0 bridgehead atoms. The van der Waals surface area contributed by atoms with Gasteiger partial charge in [-0.3, -0.25) is 4.90 Å². The smallest absolute Gasteiger partial charge is 0.110 e. The summed E-state index contributed by atoms with van der Waals surface area (Å²) in [5.74, 6) is 0.701. The summed E-state index contributed by atoms with van der Waals surface area (Å²) in [5, 5.41) is 39.4. The summed E-state index contributed by atoms with van der Waals surface area (Å²) < 4.78 is 5.98. The Morgan fingerprint density at radius 1 is 0.806 bits per heavy atom. The normalized spacial score (nSPS) is 28.5. The zero-order chi connectivity index (χ0) is 22.1. The SMILES string of the molecule is O[C@H]1[C@H](O)[C@@H](O)CN(CCCCCCOCc2ccccc2C2CCCCC2)C[C@@H]1O. The van der Waals surface area contributed by atoms with Crippen molar-refractivity contribution < 1.29 is 25.2 Å². The van der Waals surface area contributed by atoms with Crippen LogP contribution in [0.2, 0.25) is 0 Å². The lowest BCUT2D eigenvalue weighted by atomic mass is 9.82. The molecule has 1 aromatic rings. The summed E-state index contributed by atoms with van der Waals surface area (Å²) in [6.07, 6.45) is 6.13. The predicted octanol–water partition coefficient (Wildman–Crippen LogP) is 2.57. The molecule has 4 atom stereocenters. The van der Waals surface area contributed by atoms with Crippen LogP contribution in [0.15, 0.2) is 24.3 Å². The third-order valence-electron chi connectivity index (χ3n) is 6.90. The van der Waals surface area contributed by atoms with Crippen LogP contribution in [-0.2, 0) is 11.3 Å². The van der Waals surface area contributed by atoms with E-state index < -0.39 is 24.4 Å². The first-order chi connectivity index (χ1) is 15.1. The molecule has 1 heterocycles. The number of likely N-dealkylation sites (tertiary alicyclic amines) is 1. The maximum absolute atomic E-state index is 9.93. The molecule has 6 heteroatoms. The van der Waals surface area contributed by atoms with Gasteiger partial charge in [-0.2, -0.15) is 0 Å². The molecule has 0 aromatic heterocycles. The van der Waals surface area contributed by atoms with Gasteiger partial charge in [0.2, 0.25) is 0 Å². The van der Waals surface area contributed by atoms with Crippen molar-refractivity contribution in [1.82, 2.24) is 4.90 Å². The number of β-amino-alcohol motifs (C(OH)–C–C–N with tert-alkyl or cyclic N) is 2. The van der Waals surface area contributed by atoms with E-state index in [4.69, 9.17) is 4.74 Å². The fourth-order valence-electron chi connectivity index (χ4n) is 5.01. The van der Waals surface area contributed by atoms with Gasteiger partial charge in [0.15, 0.2) is 0 Å². The first-order valence-corrected chi connectivity index (χ1v) is 12.2. The minimum Gasteiger partial charge on any atom is -0.389 e. The van der Waals surface area contributed by atoms with Crippen LogP contribution in [0.4, 0.5) is 0 Å². The number of aliphatic hydroxyl groups is 4. The van der Waals surface area contributed by atoms with Crippen LogP contribution in [0.1, 0.15) is 74.8 Å². The monoisotopic (exact) mass is 435 g/mol. The number of unbranched alkanes of at least 4 members (excludes halogenated alkanes) is 3. The van der Waals surface area contributed by atoms with Crippen LogP contribution in [0.25, 0.3) is 0 Å². The predicted molar refractivity (Wildman–Crippen MR) is 121 cm³/mol. The third-order valence-corrected chi connectivity index (χ3v) is 6.90. The van der Waals surface area contributed by atoms with Crippen LogP contribution < -0.4 is 0 Å². The highest BCUT2D eigenvalue weighted by atomic mass is 16.5. The summed E-state index contributed by atoms with van der Waals surface area (Å²) in [4.78, 5) is 1.92. The molecular weight excluding hydrogens is 394 g/mol. The van der Waals surface area contributed by atoms with Gasteiger partial charge in [-0.05, 0) is 49.3 Å². The number of hydrogen-bond donors (Lipinski definition) is 4. The Kier molecular flexibility index (Phi) is 10.2. The van der Waals surface area contributed by atoms with E-state index >= 15 is 0 Å². The molecule has 4 N–H and O–H groups in total. The fraction of sp³-hybridized carbons (Fsp3) is 0.760. The number of rotatable bonds is 10. The highest BCUT2D eigenvalue weighted by molar-refractivity contribution is 5.30. The van der Waals surface area contributed by atoms with Crippen molar-refractivity contribution in [2.45, 2.75) is 94.7 Å². The Balaban J connectivity index is 1.29. The van der Waals surface area contributed by atoms with Crippen molar-refractivity contribution in [3.63, 3.8) is 0 Å². The largest absolute Gasteiger partial charge is 0.389 e. The fourth-order valence-corrected chi connectivity index (χ4v) is 5.01. The molecule has 3 rings (SSSR count). The molecule has 1 aromatic carbocycles. The number of hydrogen-bond acceptors (Lipinski definition) is 6. The summed E-state index contributed by atoms with van der Waals surface area (Å²) in [6.45, 7) is 2.75. The Morgan fingerprint density at radius 3 is 2.16 bits per heavy atom. The maximum Gasteiger partial charge on any atom is 0.110 e. The lowest BCUT2D eigenvalue weighted by molar-refractivity contribution is -0.0894. The number of benzene rings is 1. The summed E-state index contributed by atoms with van der Waals surface area (Å²) in [5.41, 5.74) is 2.83. The van der Waals surface area contributed by atoms with Gasteiger partial charge in [0.1, 0.15) is 12.2 Å². The van der Waals surface area contributed by atoms with E-state index in [2.05, 4.69) is 24.3 Å². The van der Waals surface area contributed by atoms with Gasteiger partial charge in [-0.1, -0.05) is 56.4 Å². The second-order valence-electron chi connectivity index (χ2n) is 9.38. The van der Waals surface area contributed by atoms with Crippen molar-refractivity contribution in [3.05, 3.63) is 35.4 Å². The molecule has 0 unspecified atom stereocenters. The summed E-state index contributed by atoms with van der Waals surface area (Å²) >= 11 is 0. The summed E-state index contributed by atoms with van der Waals surface area (Å²) in [7, 11) is 0. The topological polar surface area (TPSA) is 93.4 Å². The third kappa shape index (κ3) is 7.52. The van der Waals surface area contributed by atoms with E-state index in [0.717, 1.165) is 38.8 Å². The Labute approximate surface area is 186 Å². The van der Waals surface area contributed by atoms with Gasteiger partial charge in [0, 0.05) is 19.7 Å². The average molecular weight is 436 g/mol. The van der Waals surface area contributed by atoms with E-state index in [1.807, 2.05) is 4.90 Å². The molecule has 1 saturated heterocycles. The average Bonchev–Trinajstić information content (AvgIpc) is 2.88. The van der Waals surface area contributed by atoms with E-state index in [9.17, 15) is 20.4 Å². The van der Waals surface area contributed by atoms with Gasteiger partial charge in [-0.15, -0.1) is 0 Å². The first kappa shape index (κ1) is 24.6. The highest BCUT2D eigenvalue weighted by Crippen LogP contribution is 2.34. The van der Waals surface area contributed by atoms with Crippen LogP contribution >= 0.6 is 0 Å². The molecule has 0 radical (unpaired) electrons. The molecule has 0 spiro atoms. The van der Waals surface area contributed by atoms with Crippen molar-refractivity contribution in [1.29, 1.82) is 0 Å². The van der Waals surface area contributed by atoms with E-state index in [1.165, 1.54) is 43.2 Å². The van der Waals surface area contributed by atoms with Crippen molar-refractivity contribution in [2.24, 2.45) is 0 Å². The van der Waals surface area contributed by atoms with Gasteiger partial charge in [-0.25, -0.2) is 0 Å². The van der Waals surface area contributed by atoms with Gasteiger partial charge in [0.05, 0.1) is 18.8 Å². The Morgan fingerprint density at radius 2 is 1.45 bits per heavy atom. The Bertz CT molecular complexity index is 620.